The lowest BCUT2D eigenvalue weighted by Crippen LogP contribution is -2.52. The number of halogens is 3. The van der Waals surface area contributed by atoms with Gasteiger partial charge in [0, 0.05) is 29.8 Å². The molecule has 3 aromatic rings. The lowest BCUT2D eigenvalue weighted by Gasteiger charge is -2.32. The number of hydrogen-bond donors (Lipinski definition) is 1. The van der Waals surface area contributed by atoms with Crippen LogP contribution in [-0.2, 0) is 28.3 Å². The van der Waals surface area contributed by atoms with Crippen LogP contribution >= 0.6 is 46.6 Å². The molecule has 0 spiro atoms. The highest BCUT2D eigenvalue weighted by molar-refractivity contribution is 7.99. The summed E-state index contributed by atoms with van der Waals surface area (Å²) in [6, 6.07) is 21.9. The normalized spacial score (nSPS) is 12.6. The van der Waals surface area contributed by atoms with E-state index in [1.54, 1.807) is 17.0 Å². The number of carbonyl (C=O) groups is 2. The van der Waals surface area contributed by atoms with Gasteiger partial charge in [-0.25, -0.2) is 0 Å². The summed E-state index contributed by atoms with van der Waals surface area (Å²) < 4.78 is 0. The first kappa shape index (κ1) is 29.4. The van der Waals surface area contributed by atoms with Crippen molar-refractivity contribution in [3.63, 3.8) is 0 Å². The van der Waals surface area contributed by atoms with E-state index in [0.717, 1.165) is 23.1 Å². The van der Waals surface area contributed by atoms with Crippen LogP contribution in [0.4, 0.5) is 0 Å². The van der Waals surface area contributed by atoms with E-state index in [-0.39, 0.29) is 30.2 Å². The molecule has 0 aromatic heterocycles. The fraction of sp³-hybridized carbons (Fsp3) is 0.310. The van der Waals surface area contributed by atoms with Gasteiger partial charge in [-0.2, -0.15) is 0 Å². The van der Waals surface area contributed by atoms with E-state index in [1.165, 1.54) is 11.8 Å². The molecule has 3 aromatic carbocycles. The minimum Gasteiger partial charge on any atom is -0.352 e. The van der Waals surface area contributed by atoms with Crippen LogP contribution < -0.4 is 5.32 Å². The topological polar surface area (TPSA) is 49.4 Å². The van der Waals surface area contributed by atoms with Crippen molar-refractivity contribution >= 4 is 58.4 Å². The van der Waals surface area contributed by atoms with Crippen LogP contribution in [0.2, 0.25) is 15.1 Å². The van der Waals surface area contributed by atoms with Crippen LogP contribution in [0, 0.1) is 0 Å². The Balaban J connectivity index is 1.89. The monoisotopic (exact) mass is 576 g/mol. The van der Waals surface area contributed by atoms with E-state index in [4.69, 9.17) is 34.8 Å². The minimum atomic E-state index is -0.695. The standard InChI is InChI=1S/C29H31Cl3N2O2S/c1-3-20(2)33-29(36)27(16-21-9-5-4-6-10-21)34(17-22-13-14-25(31)26(32)15-22)28(35)19-37-18-23-11-7-8-12-24(23)30/h4-15,20,27H,3,16-19H2,1-2H3,(H,33,36)/t20-,27-/m1/s1. The zero-order valence-corrected chi connectivity index (χ0v) is 24.0. The molecule has 196 valence electrons. The van der Waals surface area contributed by atoms with Crippen LogP contribution in [0.1, 0.15) is 37.0 Å². The molecule has 0 radical (unpaired) electrons. The molecular weight excluding hydrogens is 547 g/mol. The van der Waals surface area contributed by atoms with Gasteiger partial charge in [0.15, 0.2) is 0 Å². The Morgan fingerprint density at radius 1 is 0.892 bits per heavy atom. The second kappa shape index (κ2) is 14.7. The lowest BCUT2D eigenvalue weighted by atomic mass is 10.0. The second-order valence-corrected chi connectivity index (χ2v) is 11.1. The van der Waals surface area contributed by atoms with E-state index in [1.807, 2.05) is 74.5 Å². The number of thioether (sulfide) groups is 1. The zero-order chi connectivity index (χ0) is 26.8. The van der Waals surface area contributed by atoms with Crippen LogP contribution in [0.25, 0.3) is 0 Å². The quantitative estimate of drug-likeness (QED) is 0.243. The van der Waals surface area contributed by atoms with Gasteiger partial charge < -0.3 is 10.2 Å². The van der Waals surface area contributed by atoms with Gasteiger partial charge in [0.25, 0.3) is 0 Å². The third-order valence-electron chi connectivity index (χ3n) is 6.05. The van der Waals surface area contributed by atoms with Crippen molar-refractivity contribution in [2.24, 2.45) is 0 Å². The average Bonchev–Trinajstić information content (AvgIpc) is 2.89. The first-order valence-electron chi connectivity index (χ1n) is 12.2. The largest absolute Gasteiger partial charge is 0.352 e. The third kappa shape index (κ3) is 8.96. The molecule has 37 heavy (non-hydrogen) atoms. The molecule has 4 nitrogen and oxygen atoms in total. The van der Waals surface area contributed by atoms with Gasteiger partial charge in [-0.1, -0.05) is 96.3 Å². The molecule has 0 saturated heterocycles. The Labute approximate surface area is 238 Å². The van der Waals surface area contributed by atoms with Gasteiger partial charge in [0.05, 0.1) is 15.8 Å². The first-order valence-corrected chi connectivity index (χ1v) is 14.5. The number of nitrogens with one attached hydrogen (secondary N) is 1. The average molecular weight is 578 g/mol. The maximum atomic E-state index is 13.7. The Bertz CT molecular complexity index is 1190. The molecule has 0 unspecified atom stereocenters. The number of hydrogen-bond acceptors (Lipinski definition) is 3. The Kier molecular flexibility index (Phi) is 11.7. The summed E-state index contributed by atoms with van der Waals surface area (Å²) in [7, 11) is 0. The highest BCUT2D eigenvalue weighted by Gasteiger charge is 2.31. The number of benzene rings is 3. The van der Waals surface area contributed by atoms with Gasteiger partial charge in [-0.3, -0.25) is 9.59 Å². The maximum Gasteiger partial charge on any atom is 0.243 e. The van der Waals surface area contributed by atoms with Gasteiger partial charge in [-0.15, -0.1) is 11.8 Å². The maximum absolute atomic E-state index is 13.7. The lowest BCUT2D eigenvalue weighted by molar-refractivity contribution is -0.139. The number of rotatable bonds is 12. The molecule has 0 aliphatic rings. The fourth-order valence-electron chi connectivity index (χ4n) is 3.78. The van der Waals surface area contributed by atoms with E-state index in [2.05, 4.69) is 5.32 Å². The van der Waals surface area contributed by atoms with Crippen molar-refractivity contribution in [1.29, 1.82) is 0 Å². The number of nitrogens with zero attached hydrogens (tertiary/aromatic N) is 1. The molecule has 1 N–H and O–H groups in total. The van der Waals surface area contributed by atoms with E-state index < -0.39 is 6.04 Å². The summed E-state index contributed by atoms with van der Waals surface area (Å²) >= 11 is 20.2. The second-order valence-electron chi connectivity index (χ2n) is 8.88. The van der Waals surface area contributed by atoms with E-state index >= 15 is 0 Å². The van der Waals surface area contributed by atoms with Crippen molar-refractivity contribution in [3.05, 3.63) is 105 Å². The summed E-state index contributed by atoms with van der Waals surface area (Å²) in [4.78, 5) is 28.9. The molecule has 0 aliphatic carbocycles. The molecule has 2 amide bonds. The highest BCUT2D eigenvalue weighted by atomic mass is 35.5. The SMILES string of the molecule is CC[C@@H](C)NC(=O)[C@@H](Cc1ccccc1)N(Cc1ccc(Cl)c(Cl)c1)C(=O)CSCc1ccccc1Cl. The Hall–Kier alpha value is -2.18. The molecule has 2 atom stereocenters. The zero-order valence-electron chi connectivity index (χ0n) is 20.9. The van der Waals surface area contributed by atoms with Crippen molar-refractivity contribution in [1.82, 2.24) is 10.2 Å². The van der Waals surface area contributed by atoms with Crippen molar-refractivity contribution in [2.75, 3.05) is 5.75 Å². The Morgan fingerprint density at radius 3 is 2.27 bits per heavy atom. The molecule has 0 fully saturated rings. The predicted molar refractivity (Wildman–Crippen MR) is 156 cm³/mol. The van der Waals surface area contributed by atoms with E-state index in [9.17, 15) is 9.59 Å². The minimum absolute atomic E-state index is 0.0118. The van der Waals surface area contributed by atoms with Crippen molar-refractivity contribution in [3.8, 4) is 0 Å². The highest BCUT2D eigenvalue weighted by Crippen LogP contribution is 2.26. The number of amides is 2. The summed E-state index contributed by atoms with van der Waals surface area (Å²) in [5.74, 6) is 0.481. The smallest absolute Gasteiger partial charge is 0.243 e. The van der Waals surface area contributed by atoms with Crippen LogP contribution in [0.5, 0.6) is 0 Å². The molecule has 3 rings (SSSR count). The van der Waals surface area contributed by atoms with Gasteiger partial charge >= 0.3 is 0 Å². The predicted octanol–water partition coefficient (Wildman–Crippen LogP) is 7.43. The third-order valence-corrected chi connectivity index (χ3v) is 8.12. The summed E-state index contributed by atoms with van der Waals surface area (Å²) in [5.41, 5.74) is 2.74. The van der Waals surface area contributed by atoms with Crippen LogP contribution in [0.15, 0.2) is 72.8 Å². The number of carbonyl (C=O) groups excluding carboxylic acids is 2. The summed E-state index contributed by atoms with van der Waals surface area (Å²) in [5, 5.41) is 4.59. The molecule has 0 aliphatic heterocycles. The molecule has 0 bridgehead atoms. The summed E-state index contributed by atoms with van der Waals surface area (Å²) in [6.45, 7) is 4.21. The van der Waals surface area contributed by atoms with Crippen molar-refractivity contribution in [2.45, 2.75) is 51.1 Å². The van der Waals surface area contributed by atoms with E-state index in [0.29, 0.717) is 27.2 Å². The fourth-order valence-corrected chi connectivity index (χ4v) is 5.29. The Morgan fingerprint density at radius 2 is 1.59 bits per heavy atom. The molecule has 0 saturated carbocycles. The summed E-state index contributed by atoms with van der Waals surface area (Å²) in [6.07, 6.45) is 1.18. The van der Waals surface area contributed by atoms with Crippen molar-refractivity contribution < 1.29 is 9.59 Å². The van der Waals surface area contributed by atoms with Gasteiger partial charge in [0.1, 0.15) is 6.04 Å². The van der Waals surface area contributed by atoms with Crippen LogP contribution in [0.3, 0.4) is 0 Å². The van der Waals surface area contributed by atoms with Gasteiger partial charge in [0.2, 0.25) is 11.8 Å². The first-order chi connectivity index (χ1) is 17.8. The molecule has 0 heterocycles. The van der Waals surface area contributed by atoms with Crippen LogP contribution in [-0.4, -0.2) is 34.6 Å². The van der Waals surface area contributed by atoms with Gasteiger partial charge in [-0.05, 0) is 48.2 Å². The molecular formula is C29H31Cl3N2O2S. The molecule has 8 heteroatoms.